The topological polar surface area (TPSA) is 99.6 Å². The molecule has 7 nitrogen and oxygen atoms in total. The molecular formula is C17H20IN3O4S. The molecule has 1 aromatic carbocycles. The average molecular weight is 489 g/mol. The van der Waals surface area contributed by atoms with Gasteiger partial charge in [0, 0.05) is 22.5 Å². The van der Waals surface area contributed by atoms with E-state index in [1.165, 1.54) is 12.1 Å². The number of hydrogen-bond acceptors (Lipinski definition) is 5. The lowest BCUT2D eigenvalue weighted by molar-refractivity contribution is -0.134. The Hall–Kier alpha value is -1.56. The van der Waals surface area contributed by atoms with Crippen LogP contribution in [0.2, 0.25) is 0 Å². The average Bonchev–Trinajstić information content (AvgIpc) is 2.62. The molecule has 1 amide bonds. The van der Waals surface area contributed by atoms with E-state index in [0.717, 1.165) is 7.88 Å². The number of sulfonamides is 1. The Labute approximate surface area is 166 Å². The number of nitrogens with zero attached hydrogens (tertiary/aromatic N) is 2. The van der Waals surface area contributed by atoms with Gasteiger partial charge in [-0.25, -0.2) is 13.9 Å². The van der Waals surface area contributed by atoms with Crippen LogP contribution in [0.25, 0.3) is 0 Å². The largest absolute Gasteiger partial charge is 0.289 e. The third-order valence-corrected chi connectivity index (χ3v) is 6.36. The fourth-order valence-corrected chi connectivity index (χ4v) is 4.65. The maximum atomic E-state index is 13.3. The van der Waals surface area contributed by atoms with E-state index in [1.54, 1.807) is 56.0 Å². The first-order valence-electron chi connectivity index (χ1n) is 7.87. The number of rotatable bonds is 7. The smallest absolute Gasteiger partial charge is 0.262 e. The zero-order valence-electron chi connectivity index (χ0n) is 14.3. The predicted molar refractivity (Wildman–Crippen MR) is 105 cm³/mol. The van der Waals surface area contributed by atoms with E-state index >= 15 is 0 Å². The quantitative estimate of drug-likeness (QED) is 0.354. The van der Waals surface area contributed by atoms with Crippen molar-refractivity contribution in [3.8, 4) is 0 Å². The first kappa shape index (κ1) is 20.7. The highest BCUT2D eigenvalue weighted by atomic mass is 127. The number of carbonyl (C=O) groups is 1. The van der Waals surface area contributed by atoms with Gasteiger partial charge in [0.25, 0.3) is 5.91 Å². The van der Waals surface area contributed by atoms with Crippen molar-refractivity contribution in [1.29, 1.82) is 0 Å². The third kappa shape index (κ3) is 4.78. The number of pyridine rings is 1. The number of hydrogen-bond donors (Lipinski definition) is 2. The van der Waals surface area contributed by atoms with Gasteiger partial charge in [-0.3, -0.25) is 15.0 Å². The van der Waals surface area contributed by atoms with Crippen molar-refractivity contribution < 1.29 is 18.4 Å². The summed E-state index contributed by atoms with van der Waals surface area (Å²) in [6.45, 7) is 3.40. The van der Waals surface area contributed by atoms with Crippen LogP contribution in [0.4, 0.5) is 0 Å². The van der Waals surface area contributed by atoms with Crippen LogP contribution in [0.1, 0.15) is 19.4 Å². The predicted octanol–water partition coefficient (Wildman–Crippen LogP) is 2.41. The summed E-state index contributed by atoms with van der Waals surface area (Å²) in [5.41, 5.74) is 2.22. The number of benzene rings is 1. The molecular weight excluding hydrogens is 469 g/mol. The Balaban J connectivity index is 2.54. The Morgan fingerprint density at radius 1 is 1.27 bits per heavy atom. The number of halogens is 1. The highest BCUT2D eigenvalue weighted by molar-refractivity contribution is 14.1. The van der Waals surface area contributed by atoms with Crippen LogP contribution in [0, 0.1) is 9.49 Å². The highest BCUT2D eigenvalue weighted by Gasteiger charge is 2.38. The molecule has 0 fully saturated rings. The summed E-state index contributed by atoms with van der Waals surface area (Å²) in [6.07, 6.45) is 3.13. The molecule has 140 valence electrons. The minimum Gasteiger partial charge on any atom is -0.289 e. The van der Waals surface area contributed by atoms with E-state index in [-0.39, 0.29) is 17.4 Å². The molecule has 1 heterocycles. The molecule has 9 heteroatoms. The second-order valence-electron chi connectivity index (χ2n) is 6.03. The molecule has 0 radical (unpaired) electrons. The number of aromatic nitrogens is 1. The lowest BCUT2D eigenvalue weighted by Gasteiger charge is -2.31. The number of nitrogens with one attached hydrogen (secondary N) is 1. The first-order valence-corrected chi connectivity index (χ1v) is 10.4. The molecule has 1 aromatic heterocycles. The third-order valence-electron chi connectivity index (χ3n) is 3.80. The number of hydroxylamine groups is 1. The van der Waals surface area contributed by atoms with Gasteiger partial charge in [0.1, 0.15) is 6.04 Å². The van der Waals surface area contributed by atoms with E-state index in [9.17, 15) is 13.2 Å². The Morgan fingerprint density at radius 2 is 1.92 bits per heavy atom. The fraction of sp³-hybridized carbons (Fsp3) is 0.294. The Bertz CT molecular complexity index is 842. The minimum absolute atomic E-state index is 0.0432. The SMILES string of the molecule is CC(C)C(C(=O)NO)N(Cc1cccnc1)S(=O)(=O)c1ccc(I)cc1. The minimum atomic E-state index is -3.99. The van der Waals surface area contributed by atoms with Gasteiger partial charge in [0.05, 0.1) is 4.90 Å². The van der Waals surface area contributed by atoms with Crippen molar-refractivity contribution >= 4 is 38.5 Å². The van der Waals surface area contributed by atoms with Crippen LogP contribution in [-0.4, -0.2) is 34.9 Å². The summed E-state index contributed by atoms with van der Waals surface area (Å²) < 4.78 is 28.5. The van der Waals surface area contributed by atoms with Gasteiger partial charge in [-0.15, -0.1) is 0 Å². The summed E-state index contributed by atoms with van der Waals surface area (Å²) in [5, 5.41) is 9.11. The summed E-state index contributed by atoms with van der Waals surface area (Å²) in [4.78, 5) is 16.3. The molecule has 0 aliphatic heterocycles. The van der Waals surface area contributed by atoms with E-state index < -0.39 is 22.0 Å². The van der Waals surface area contributed by atoms with Crippen LogP contribution >= 0.6 is 22.6 Å². The van der Waals surface area contributed by atoms with Gasteiger partial charge in [-0.1, -0.05) is 19.9 Å². The molecule has 2 aromatic rings. The second kappa shape index (κ2) is 8.89. The van der Waals surface area contributed by atoms with Crippen molar-refractivity contribution in [2.45, 2.75) is 31.3 Å². The van der Waals surface area contributed by atoms with Gasteiger partial charge >= 0.3 is 0 Å². The molecule has 0 spiro atoms. The van der Waals surface area contributed by atoms with Crippen molar-refractivity contribution in [2.75, 3.05) is 0 Å². The van der Waals surface area contributed by atoms with E-state index in [4.69, 9.17) is 5.21 Å². The fourth-order valence-electron chi connectivity index (χ4n) is 2.58. The van der Waals surface area contributed by atoms with Crippen molar-refractivity contribution in [3.63, 3.8) is 0 Å². The molecule has 2 rings (SSSR count). The molecule has 1 atom stereocenters. The molecule has 26 heavy (non-hydrogen) atoms. The molecule has 0 saturated heterocycles. The van der Waals surface area contributed by atoms with Gasteiger partial charge in [-0.05, 0) is 64.4 Å². The van der Waals surface area contributed by atoms with E-state index in [2.05, 4.69) is 27.6 Å². The van der Waals surface area contributed by atoms with Crippen LogP contribution in [0.5, 0.6) is 0 Å². The molecule has 0 bridgehead atoms. The van der Waals surface area contributed by atoms with Gasteiger partial charge in [0.15, 0.2) is 0 Å². The van der Waals surface area contributed by atoms with Gasteiger partial charge in [-0.2, -0.15) is 4.31 Å². The van der Waals surface area contributed by atoms with Crippen LogP contribution in [-0.2, 0) is 21.4 Å². The molecule has 1 unspecified atom stereocenters. The van der Waals surface area contributed by atoms with Crippen molar-refractivity contribution in [2.24, 2.45) is 5.92 Å². The molecule has 0 aliphatic carbocycles. The summed E-state index contributed by atoms with van der Waals surface area (Å²) in [7, 11) is -3.99. The lowest BCUT2D eigenvalue weighted by Crippen LogP contribution is -2.51. The number of amides is 1. The maximum absolute atomic E-state index is 13.3. The van der Waals surface area contributed by atoms with Crippen LogP contribution < -0.4 is 5.48 Å². The van der Waals surface area contributed by atoms with E-state index in [0.29, 0.717) is 5.56 Å². The van der Waals surface area contributed by atoms with Gasteiger partial charge < -0.3 is 0 Å². The first-order chi connectivity index (χ1) is 12.3. The monoisotopic (exact) mass is 489 g/mol. The van der Waals surface area contributed by atoms with Crippen molar-refractivity contribution in [1.82, 2.24) is 14.8 Å². The molecule has 0 saturated carbocycles. The zero-order valence-corrected chi connectivity index (χ0v) is 17.3. The van der Waals surface area contributed by atoms with Crippen molar-refractivity contribution in [3.05, 3.63) is 57.9 Å². The summed E-state index contributed by atoms with van der Waals surface area (Å²) in [6, 6.07) is 8.73. The normalized spacial score (nSPS) is 13.0. The van der Waals surface area contributed by atoms with E-state index in [1.807, 2.05) is 0 Å². The van der Waals surface area contributed by atoms with Crippen LogP contribution in [0.15, 0.2) is 53.7 Å². The Kier molecular flexibility index (Phi) is 7.09. The lowest BCUT2D eigenvalue weighted by atomic mass is 10.0. The summed E-state index contributed by atoms with van der Waals surface area (Å²) >= 11 is 2.09. The number of carbonyl (C=O) groups excluding carboxylic acids is 1. The standard InChI is InChI=1S/C17H20IN3O4S/c1-12(2)16(17(22)20-23)21(11-13-4-3-9-19-10-13)26(24,25)15-7-5-14(18)6-8-15/h3-10,12,16,23H,11H2,1-2H3,(H,20,22). The summed E-state index contributed by atoms with van der Waals surface area (Å²) in [5.74, 6) is -1.14. The molecule has 0 aliphatic rings. The van der Waals surface area contributed by atoms with Gasteiger partial charge in [0.2, 0.25) is 10.0 Å². The maximum Gasteiger partial charge on any atom is 0.262 e. The zero-order chi connectivity index (χ0) is 19.3. The Morgan fingerprint density at radius 3 is 2.42 bits per heavy atom. The highest BCUT2D eigenvalue weighted by Crippen LogP contribution is 2.25. The molecule has 2 N–H and O–H groups in total. The van der Waals surface area contributed by atoms with Crippen LogP contribution in [0.3, 0.4) is 0 Å². The second-order valence-corrected chi connectivity index (χ2v) is 9.17.